The summed E-state index contributed by atoms with van der Waals surface area (Å²) < 4.78 is 31.7. The van der Waals surface area contributed by atoms with Crippen LogP contribution in [0, 0.1) is 18.6 Å². The lowest BCUT2D eigenvalue weighted by Gasteiger charge is -2.09. The van der Waals surface area contributed by atoms with Crippen LogP contribution in [0.1, 0.15) is 33.2 Å². The number of carbonyl (C=O) groups is 2. The monoisotopic (exact) mass is 401 g/mol. The van der Waals surface area contributed by atoms with Crippen molar-refractivity contribution in [3.05, 3.63) is 76.2 Å². The number of anilines is 1. The van der Waals surface area contributed by atoms with Crippen molar-refractivity contribution in [1.29, 1.82) is 0 Å². The number of hydrogen-bond donors (Lipinski definition) is 1. The minimum Gasteiger partial charge on any atom is -0.462 e. The van der Waals surface area contributed by atoms with E-state index in [1.54, 1.807) is 12.3 Å². The molecule has 3 aromatic rings. The summed E-state index contributed by atoms with van der Waals surface area (Å²) in [5, 5.41) is 4.63. The predicted octanol–water partition coefficient (Wildman–Crippen LogP) is 5.43. The lowest BCUT2D eigenvalue weighted by Crippen LogP contribution is -2.15. The lowest BCUT2D eigenvalue weighted by atomic mass is 10.0. The van der Waals surface area contributed by atoms with Crippen molar-refractivity contribution in [3.8, 4) is 11.1 Å². The summed E-state index contributed by atoms with van der Waals surface area (Å²) in [7, 11) is 0. The summed E-state index contributed by atoms with van der Waals surface area (Å²) in [6.45, 7) is 3.82. The van der Waals surface area contributed by atoms with Gasteiger partial charge in [-0.3, -0.25) is 4.79 Å². The maximum absolute atomic E-state index is 13.4. The standard InChI is InChI=1S/C21H17F2NO3S/c1-3-27-21(26)18-15(13-6-4-12(2)5-7-13)11-28-20(18)24-19(25)14-8-9-16(22)17(23)10-14/h4-11H,3H2,1-2H3,(H,24,25). The number of amides is 1. The van der Waals surface area contributed by atoms with Crippen molar-refractivity contribution < 1.29 is 23.1 Å². The van der Waals surface area contributed by atoms with E-state index in [-0.39, 0.29) is 22.7 Å². The molecule has 144 valence electrons. The van der Waals surface area contributed by atoms with Crippen LogP contribution in [0.25, 0.3) is 11.1 Å². The van der Waals surface area contributed by atoms with Crippen molar-refractivity contribution in [3.63, 3.8) is 0 Å². The molecule has 0 atom stereocenters. The highest BCUT2D eigenvalue weighted by atomic mass is 32.1. The van der Waals surface area contributed by atoms with Gasteiger partial charge in [-0.15, -0.1) is 11.3 Å². The van der Waals surface area contributed by atoms with Gasteiger partial charge in [-0.2, -0.15) is 0 Å². The van der Waals surface area contributed by atoms with Crippen LogP contribution < -0.4 is 5.32 Å². The minimum atomic E-state index is -1.12. The van der Waals surface area contributed by atoms with Crippen LogP contribution >= 0.6 is 11.3 Å². The summed E-state index contributed by atoms with van der Waals surface area (Å²) in [6, 6.07) is 10.4. The molecule has 0 radical (unpaired) electrons. The molecule has 0 unspecified atom stereocenters. The summed E-state index contributed by atoms with van der Waals surface area (Å²) in [5.41, 5.74) is 2.68. The normalized spacial score (nSPS) is 10.6. The van der Waals surface area contributed by atoms with Crippen LogP contribution in [0.15, 0.2) is 47.8 Å². The Morgan fingerprint density at radius 2 is 1.79 bits per heavy atom. The van der Waals surface area contributed by atoms with Gasteiger partial charge in [0.15, 0.2) is 11.6 Å². The Kier molecular flexibility index (Phi) is 5.84. The van der Waals surface area contributed by atoms with Crippen LogP contribution in [0.5, 0.6) is 0 Å². The molecule has 0 fully saturated rings. The molecule has 2 aromatic carbocycles. The molecule has 1 aromatic heterocycles. The van der Waals surface area contributed by atoms with Gasteiger partial charge < -0.3 is 10.1 Å². The lowest BCUT2D eigenvalue weighted by molar-refractivity contribution is 0.0529. The van der Waals surface area contributed by atoms with Crippen molar-refractivity contribution >= 4 is 28.2 Å². The second-order valence-electron chi connectivity index (χ2n) is 6.02. The van der Waals surface area contributed by atoms with Gasteiger partial charge in [0.05, 0.1) is 6.61 Å². The molecule has 1 heterocycles. The van der Waals surface area contributed by atoms with E-state index < -0.39 is 23.5 Å². The molecule has 0 saturated heterocycles. The number of ether oxygens (including phenoxy) is 1. The molecule has 0 aliphatic carbocycles. The van der Waals surface area contributed by atoms with E-state index in [9.17, 15) is 18.4 Å². The number of hydrogen-bond acceptors (Lipinski definition) is 4. The Labute approximate surface area is 164 Å². The molecule has 4 nitrogen and oxygen atoms in total. The summed E-state index contributed by atoms with van der Waals surface area (Å²) in [6.07, 6.45) is 0. The van der Waals surface area contributed by atoms with Gasteiger partial charge in [0.25, 0.3) is 5.91 Å². The molecular formula is C21H17F2NO3S. The van der Waals surface area contributed by atoms with Crippen molar-refractivity contribution in [2.75, 3.05) is 11.9 Å². The molecule has 7 heteroatoms. The summed E-state index contributed by atoms with van der Waals surface area (Å²) in [5.74, 6) is -3.38. The van der Waals surface area contributed by atoms with E-state index in [0.29, 0.717) is 5.56 Å². The topological polar surface area (TPSA) is 55.4 Å². The van der Waals surface area contributed by atoms with Gasteiger partial charge in [-0.25, -0.2) is 13.6 Å². The zero-order valence-electron chi connectivity index (χ0n) is 15.2. The first-order valence-electron chi connectivity index (χ1n) is 8.52. The second-order valence-corrected chi connectivity index (χ2v) is 6.90. The number of halogens is 2. The van der Waals surface area contributed by atoms with Gasteiger partial charge in [0.2, 0.25) is 0 Å². The van der Waals surface area contributed by atoms with Crippen LogP contribution in [-0.4, -0.2) is 18.5 Å². The SMILES string of the molecule is CCOC(=O)c1c(-c2ccc(C)cc2)csc1NC(=O)c1ccc(F)c(F)c1. The van der Waals surface area contributed by atoms with Gasteiger partial charge in [-0.1, -0.05) is 29.8 Å². The Morgan fingerprint density at radius 1 is 1.07 bits per heavy atom. The van der Waals surface area contributed by atoms with Crippen LogP contribution in [0.3, 0.4) is 0 Å². The summed E-state index contributed by atoms with van der Waals surface area (Å²) >= 11 is 1.16. The molecule has 1 N–H and O–H groups in total. The molecule has 0 bridgehead atoms. The average Bonchev–Trinajstić information content (AvgIpc) is 3.08. The number of benzene rings is 2. The fourth-order valence-corrected chi connectivity index (χ4v) is 3.57. The number of rotatable bonds is 5. The molecular weight excluding hydrogens is 384 g/mol. The van der Waals surface area contributed by atoms with Crippen LogP contribution in [-0.2, 0) is 4.74 Å². The molecule has 0 aliphatic rings. The fraction of sp³-hybridized carbons (Fsp3) is 0.143. The van der Waals surface area contributed by atoms with E-state index >= 15 is 0 Å². The van der Waals surface area contributed by atoms with E-state index in [4.69, 9.17) is 4.74 Å². The maximum Gasteiger partial charge on any atom is 0.341 e. The van der Waals surface area contributed by atoms with Crippen molar-refractivity contribution in [1.82, 2.24) is 0 Å². The van der Waals surface area contributed by atoms with Crippen molar-refractivity contribution in [2.45, 2.75) is 13.8 Å². The van der Waals surface area contributed by atoms with Gasteiger partial charge in [-0.05, 0) is 37.6 Å². The minimum absolute atomic E-state index is 0.0565. The highest BCUT2D eigenvalue weighted by molar-refractivity contribution is 7.15. The maximum atomic E-state index is 13.4. The first-order chi connectivity index (χ1) is 13.4. The van der Waals surface area contributed by atoms with Gasteiger partial charge >= 0.3 is 5.97 Å². The van der Waals surface area contributed by atoms with Crippen LogP contribution in [0.2, 0.25) is 0 Å². The molecule has 28 heavy (non-hydrogen) atoms. The Balaban J connectivity index is 1.98. The third-order valence-electron chi connectivity index (χ3n) is 4.04. The number of carbonyl (C=O) groups excluding carboxylic acids is 2. The quantitative estimate of drug-likeness (QED) is 0.580. The van der Waals surface area contributed by atoms with Gasteiger partial charge in [0.1, 0.15) is 10.6 Å². The van der Waals surface area contributed by atoms with Crippen molar-refractivity contribution in [2.24, 2.45) is 0 Å². The average molecular weight is 401 g/mol. The summed E-state index contributed by atoms with van der Waals surface area (Å²) in [4.78, 5) is 25.0. The number of nitrogens with one attached hydrogen (secondary N) is 1. The molecule has 0 spiro atoms. The largest absolute Gasteiger partial charge is 0.462 e. The highest BCUT2D eigenvalue weighted by Crippen LogP contribution is 2.36. The molecule has 0 aliphatic heterocycles. The smallest absolute Gasteiger partial charge is 0.341 e. The third kappa shape index (κ3) is 4.09. The second kappa shape index (κ2) is 8.31. The van der Waals surface area contributed by atoms with E-state index in [0.717, 1.165) is 34.6 Å². The Hall–Kier alpha value is -3.06. The van der Waals surface area contributed by atoms with E-state index in [2.05, 4.69) is 5.32 Å². The number of esters is 1. The highest BCUT2D eigenvalue weighted by Gasteiger charge is 2.23. The molecule has 0 saturated carbocycles. The zero-order valence-corrected chi connectivity index (χ0v) is 16.0. The molecule has 1 amide bonds. The first-order valence-corrected chi connectivity index (χ1v) is 9.40. The van der Waals surface area contributed by atoms with E-state index in [1.165, 1.54) is 6.07 Å². The third-order valence-corrected chi connectivity index (χ3v) is 4.94. The fourth-order valence-electron chi connectivity index (χ4n) is 2.61. The predicted molar refractivity (Wildman–Crippen MR) is 105 cm³/mol. The van der Waals surface area contributed by atoms with Gasteiger partial charge in [0, 0.05) is 16.5 Å². The Bertz CT molecular complexity index is 1030. The Morgan fingerprint density at radius 3 is 2.43 bits per heavy atom. The number of aryl methyl sites for hydroxylation is 1. The zero-order chi connectivity index (χ0) is 20.3. The first kappa shape index (κ1) is 19.7. The van der Waals surface area contributed by atoms with E-state index in [1.807, 2.05) is 31.2 Å². The molecule has 3 rings (SSSR count). The number of thiophene rings is 1. The van der Waals surface area contributed by atoms with Crippen LogP contribution in [0.4, 0.5) is 13.8 Å².